The Hall–Kier alpha value is -3.14. The summed E-state index contributed by atoms with van der Waals surface area (Å²) in [5.74, 6) is -0.776. The Morgan fingerprint density at radius 1 is 1.11 bits per heavy atom. The minimum absolute atomic E-state index is 0.0493. The lowest BCUT2D eigenvalue weighted by Crippen LogP contribution is -2.59. The Bertz CT molecular complexity index is 1020. The first-order chi connectivity index (χ1) is 16.6. The first kappa shape index (κ1) is 25.0. The molecule has 0 unspecified atom stereocenters. The smallest absolute Gasteiger partial charge is 0.434 e. The average Bonchev–Trinajstić information content (AvgIpc) is 2.84. The molecule has 190 valence electrons. The van der Waals surface area contributed by atoms with Crippen molar-refractivity contribution >= 4 is 17.6 Å². The molecule has 0 bridgehead atoms. The van der Waals surface area contributed by atoms with Gasteiger partial charge in [-0.1, -0.05) is 0 Å². The number of aromatic nitrogens is 4. The van der Waals surface area contributed by atoms with E-state index in [-0.39, 0.29) is 18.1 Å². The van der Waals surface area contributed by atoms with Crippen LogP contribution in [0.5, 0.6) is 0 Å². The summed E-state index contributed by atoms with van der Waals surface area (Å²) in [4.78, 5) is 21.9. The van der Waals surface area contributed by atoms with E-state index < -0.39 is 42.2 Å². The Kier molecular flexibility index (Phi) is 7.30. The second-order valence-corrected chi connectivity index (χ2v) is 8.26. The van der Waals surface area contributed by atoms with Crippen LogP contribution in [0.15, 0.2) is 24.5 Å². The molecule has 0 saturated carbocycles. The molecule has 4 atom stereocenters. The number of nitrogens with one attached hydrogen (secondary N) is 1. The zero-order chi connectivity index (χ0) is 25.2. The predicted octanol–water partition coefficient (Wildman–Crippen LogP) is -0.293. The highest BCUT2D eigenvalue weighted by atomic mass is 19.4. The molecular weight excluding hydrogens is 475 g/mol. The number of piperazine rings is 1. The lowest BCUT2D eigenvalue weighted by molar-refractivity contribution is -0.147. The molecule has 2 aliphatic heterocycles. The lowest BCUT2D eigenvalue weighted by atomic mass is 9.97. The number of carboxylic acid groups (broad SMARTS) is 1. The van der Waals surface area contributed by atoms with Crippen molar-refractivity contribution in [3.8, 4) is 0 Å². The molecule has 35 heavy (non-hydrogen) atoms. The van der Waals surface area contributed by atoms with Crippen molar-refractivity contribution in [3.05, 3.63) is 35.9 Å². The second kappa shape index (κ2) is 10.2. The molecule has 2 saturated heterocycles. The van der Waals surface area contributed by atoms with Gasteiger partial charge < -0.3 is 30.3 Å². The summed E-state index contributed by atoms with van der Waals surface area (Å²) in [6.07, 6.45) is -6.23. The van der Waals surface area contributed by atoms with Crippen LogP contribution in [0.2, 0.25) is 0 Å². The topological polar surface area (TPSA) is 157 Å². The first-order valence-corrected chi connectivity index (χ1v) is 10.8. The molecule has 2 aromatic rings. The van der Waals surface area contributed by atoms with Crippen molar-refractivity contribution in [2.45, 2.75) is 30.5 Å². The SMILES string of the molecule is O=C(O)c1ccc(N2CCN(C[C@H]3OC[C@H](Nc4cncc(C(F)(F)F)n4)[C@@H](O)[C@H]3O)CC2)nn1. The predicted molar refractivity (Wildman–Crippen MR) is 114 cm³/mol. The number of alkyl halides is 3. The van der Waals surface area contributed by atoms with Crippen molar-refractivity contribution in [3.63, 3.8) is 0 Å². The lowest BCUT2D eigenvalue weighted by Gasteiger charge is -2.42. The monoisotopic (exact) mass is 499 g/mol. The van der Waals surface area contributed by atoms with Gasteiger partial charge in [-0.3, -0.25) is 9.88 Å². The number of aliphatic hydroxyl groups excluding tert-OH is 2. The van der Waals surface area contributed by atoms with Crippen LogP contribution in [-0.4, -0.2) is 110 Å². The number of rotatable bonds is 6. The first-order valence-electron chi connectivity index (χ1n) is 10.8. The molecule has 0 aliphatic carbocycles. The summed E-state index contributed by atoms with van der Waals surface area (Å²) < 4.78 is 44.3. The third-order valence-electron chi connectivity index (χ3n) is 5.90. The quantitative estimate of drug-likeness (QED) is 0.412. The number of aliphatic hydroxyl groups is 2. The largest absolute Gasteiger partial charge is 0.476 e. The van der Waals surface area contributed by atoms with Gasteiger partial charge in [0.25, 0.3) is 0 Å². The van der Waals surface area contributed by atoms with Gasteiger partial charge in [-0.25, -0.2) is 9.78 Å². The Morgan fingerprint density at radius 3 is 2.49 bits per heavy atom. The van der Waals surface area contributed by atoms with Crippen molar-refractivity contribution in [1.29, 1.82) is 0 Å². The van der Waals surface area contributed by atoms with Crippen LogP contribution < -0.4 is 10.2 Å². The molecule has 4 heterocycles. The van der Waals surface area contributed by atoms with Gasteiger partial charge in [-0.15, -0.1) is 10.2 Å². The minimum Gasteiger partial charge on any atom is -0.476 e. The van der Waals surface area contributed by atoms with E-state index in [0.29, 0.717) is 44.7 Å². The number of ether oxygens (including phenoxy) is 1. The summed E-state index contributed by atoms with van der Waals surface area (Å²) in [6.45, 7) is 2.67. The van der Waals surface area contributed by atoms with Crippen molar-refractivity contribution in [1.82, 2.24) is 25.1 Å². The fourth-order valence-electron chi connectivity index (χ4n) is 3.95. The number of hydrogen-bond acceptors (Lipinski definition) is 11. The summed E-state index contributed by atoms with van der Waals surface area (Å²) in [5.41, 5.74) is -1.31. The third-order valence-corrected chi connectivity index (χ3v) is 5.90. The van der Waals surface area contributed by atoms with Gasteiger partial charge in [0.05, 0.1) is 31.1 Å². The number of nitrogens with zero attached hydrogens (tertiary/aromatic N) is 6. The number of carboxylic acids is 1. The van der Waals surface area contributed by atoms with E-state index in [9.17, 15) is 28.2 Å². The van der Waals surface area contributed by atoms with E-state index in [0.717, 1.165) is 6.20 Å². The Labute approximate surface area is 197 Å². The van der Waals surface area contributed by atoms with E-state index in [1.807, 2.05) is 9.80 Å². The van der Waals surface area contributed by atoms with Gasteiger partial charge in [0.15, 0.2) is 17.2 Å². The molecule has 15 heteroatoms. The van der Waals surface area contributed by atoms with Gasteiger partial charge in [-0.05, 0) is 12.1 Å². The fourth-order valence-corrected chi connectivity index (χ4v) is 3.95. The van der Waals surface area contributed by atoms with Crippen molar-refractivity contribution < 1.29 is 38.0 Å². The number of carbonyl (C=O) groups is 1. The Morgan fingerprint density at radius 2 is 1.86 bits per heavy atom. The summed E-state index contributed by atoms with van der Waals surface area (Å²) in [6, 6.07) is 2.11. The second-order valence-electron chi connectivity index (χ2n) is 8.26. The van der Waals surface area contributed by atoms with E-state index in [4.69, 9.17) is 9.84 Å². The van der Waals surface area contributed by atoms with Crippen LogP contribution in [0.25, 0.3) is 0 Å². The minimum atomic E-state index is -4.66. The van der Waals surface area contributed by atoms with Crippen LogP contribution >= 0.6 is 0 Å². The highest BCUT2D eigenvalue weighted by Crippen LogP contribution is 2.28. The van der Waals surface area contributed by atoms with E-state index in [1.54, 1.807) is 6.07 Å². The van der Waals surface area contributed by atoms with Crippen LogP contribution in [0.1, 0.15) is 16.2 Å². The van der Waals surface area contributed by atoms with Gasteiger partial charge in [-0.2, -0.15) is 13.2 Å². The average molecular weight is 499 g/mol. The van der Waals surface area contributed by atoms with Crippen molar-refractivity contribution in [2.24, 2.45) is 0 Å². The van der Waals surface area contributed by atoms with E-state index in [1.165, 1.54) is 6.07 Å². The van der Waals surface area contributed by atoms with Gasteiger partial charge >= 0.3 is 12.1 Å². The molecule has 0 amide bonds. The van der Waals surface area contributed by atoms with Crippen molar-refractivity contribution in [2.75, 3.05) is 49.5 Å². The number of anilines is 2. The molecule has 2 aliphatic rings. The molecule has 2 aromatic heterocycles. The zero-order valence-electron chi connectivity index (χ0n) is 18.3. The normalized spacial score (nSPS) is 25.9. The molecular formula is C20H24F3N7O5. The van der Waals surface area contributed by atoms with E-state index in [2.05, 4.69) is 25.5 Å². The molecule has 12 nitrogen and oxygen atoms in total. The number of hydrogen-bond donors (Lipinski definition) is 4. The van der Waals surface area contributed by atoms with Gasteiger partial charge in [0, 0.05) is 32.7 Å². The molecule has 4 rings (SSSR count). The van der Waals surface area contributed by atoms with Crippen LogP contribution in [0.3, 0.4) is 0 Å². The maximum Gasteiger partial charge on any atom is 0.434 e. The van der Waals surface area contributed by atoms with Crippen LogP contribution in [-0.2, 0) is 10.9 Å². The fraction of sp³-hybridized carbons (Fsp3) is 0.550. The maximum atomic E-state index is 12.8. The Balaban J connectivity index is 1.28. The summed E-state index contributed by atoms with van der Waals surface area (Å²) >= 11 is 0. The van der Waals surface area contributed by atoms with Gasteiger partial charge in [0.1, 0.15) is 18.0 Å². The van der Waals surface area contributed by atoms with Gasteiger partial charge in [0.2, 0.25) is 0 Å². The molecule has 2 fully saturated rings. The van der Waals surface area contributed by atoms with Crippen LogP contribution in [0, 0.1) is 0 Å². The maximum absolute atomic E-state index is 12.8. The molecule has 0 aromatic carbocycles. The molecule has 0 spiro atoms. The standard InChI is InChI=1S/C20H24F3N7O5/c21-20(22,23)14-7-24-8-15(26-14)25-12-10-35-13(18(32)17(12)31)9-29-3-5-30(6-4-29)16-2-1-11(19(33)34)27-28-16/h1-2,7-8,12-13,17-18,31-32H,3-6,9-10H2,(H,25,26)(H,33,34)/t12-,13+,17+,18-/m0/s1. The van der Waals surface area contributed by atoms with E-state index >= 15 is 0 Å². The molecule has 4 N–H and O–H groups in total. The number of aromatic carboxylic acids is 1. The third kappa shape index (κ3) is 5.93. The van der Waals surface area contributed by atoms with Crippen LogP contribution in [0.4, 0.5) is 24.8 Å². The number of halogens is 3. The highest BCUT2D eigenvalue weighted by Gasteiger charge is 2.40. The molecule has 0 radical (unpaired) electrons. The zero-order valence-corrected chi connectivity index (χ0v) is 18.3. The summed E-state index contributed by atoms with van der Waals surface area (Å²) in [7, 11) is 0. The summed E-state index contributed by atoms with van der Waals surface area (Å²) in [5, 5.41) is 40.3. The highest BCUT2D eigenvalue weighted by molar-refractivity contribution is 5.85.